The highest BCUT2D eigenvalue weighted by atomic mass is 16.5. The molecule has 6 nitrogen and oxygen atoms in total. The van der Waals surface area contributed by atoms with E-state index in [9.17, 15) is 4.79 Å². The van der Waals surface area contributed by atoms with Crippen molar-refractivity contribution in [3.05, 3.63) is 47.3 Å². The summed E-state index contributed by atoms with van der Waals surface area (Å²) in [7, 11) is 0. The fraction of sp³-hybridized carbons (Fsp3) is 0.474. The first-order valence-corrected chi connectivity index (χ1v) is 8.66. The van der Waals surface area contributed by atoms with Crippen LogP contribution in [0.25, 0.3) is 0 Å². The average Bonchev–Trinajstić information content (AvgIpc) is 2.88. The van der Waals surface area contributed by atoms with Gasteiger partial charge in [-0.05, 0) is 44.9 Å². The van der Waals surface area contributed by atoms with Crippen molar-refractivity contribution < 1.29 is 9.53 Å². The molecular formula is C19H28N4O2. The topological polar surface area (TPSA) is 68.2 Å². The van der Waals surface area contributed by atoms with Gasteiger partial charge in [0.2, 0.25) is 0 Å². The Morgan fingerprint density at radius 3 is 2.56 bits per heavy atom. The van der Waals surface area contributed by atoms with Crippen LogP contribution in [0.3, 0.4) is 0 Å². The minimum absolute atomic E-state index is 0.173. The van der Waals surface area contributed by atoms with Crippen molar-refractivity contribution in [2.24, 2.45) is 5.92 Å². The van der Waals surface area contributed by atoms with E-state index in [0.29, 0.717) is 25.6 Å². The molecule has 0 saturated heterocycles. The maximum absolute atomic E-state index is 11.8. The van der Waals surface area contributed by atoms with Gasteiger partial charge in [0.25, 0.3) is 0 Å². The van der Waals surface area contributed by atoms with E-state index < -0.39 is 0 Å². The number of nitrogens with zero attached hydrogens (tertiary/aromatic N) is 2. The molecule has 2 N–H and O–H groups in total. The van der Waals surface area contributed by atoms with Gasteiger partial charge in [-0.25, -0.2) is 4.79 Å². The Kier molecular flexibility index (Phi) is 6.86. The van der Waals surface area contributed by atoms with Gasteiger partial charge in [-0.15, -0.1) is 0 Å². The third-order valence-electron chi connectivity index (χ3n) is 3.88. The largest absolute Gasteiger partial charge is 0.492 e. The minimum atomic E-state index is -0.173. The van der Waals surface area contributed by atoms with Crippen LogP contribution in [0.4, 0.5) is 4.79 Å². The Morgan fingerprint density at radius 1 is 1.20 bits per heavy atom. The standard InChI is InChI=1S/C19H28N4O2/c1-14-5-7-18(8-6-14)25-10-9-20-19(24)21-12-15(2)13-23-17(4)11-16(3)22-23/h5-8,11,15H,9-10,12-13H2,1-4H3,(H2,20,21,24). The second kappa shape index (κ2) is 9.11. The Balaban J connectivity index is 1.60. The van der Waals surface area contributed by atoms with E-state index >= 15 is 0 Å². The summed E-state index contributed by atoms with van der Waals surface area (Å²) >= 11 is 0. The summed E-state index contributed by atoms with van der Waals surface area (Å²) in [4.78, 5) is 11.8. The second-order valence-electron chi connectivity index (χ2n) is 6.51. The fourth-order valence-electron chi connectivity index (χ4n) is 2.52. The van der Waals surface area contributed by atoms with E-state index in [-0.39, 0.29) is 6.03 Å². The van der Waals surface area contributed by atoms with Crippen molar-refractivity contribution in [3.63, 3.8) is 0 Å². The SMILES string of the molecule is Cc1ccc(OCCNC(=O)NCC(C)Cn2nc(C)cc2C)cc1. The van der Waals surface area contributed by atoms with Crippen LogP contribution in [0.1, 0.15) is 23.9 Å². The highest BCUT2D eigenvalue weighted by molar-refractivity contribution is 5.73. The summed E-state index contributed by atoms with van der Waals surface area (Å²) in [6, 6.07) is 9.74. The molecule has 136 valence electrons. The molecule has 0 spiro atoms. The Labute approximate surface area is 149 Å². The van der Waals surface area contributed by atoms with Gasteiger partial charge >= 0.3 is 6.03 Å². The van der Waals surface area contributed by atoms with Gasteiger partial charge in [0.05, 0.1) is 12.2 Å². The first kappa shape index (κ1) is 18.8. The van der Waals surface area contributed by atoms with E-state index in [0.717, 1.165) is 23.7 Å². The number of carbonyl (C=O) groups excluding carboxylic acids is 1. The van der Waals surface area contributed by atoms with E-state index in [1.807, 2.05) is 49.7 Å². The molecule has 0 saturated carbocycles. The van der Waals surface area contributed by atoms with Gasteiger partial charge in [0, 0.05) is 18.8 Å². The van der Waals surface area contributed by atoms with Crippen LogP contribution in [0.2, 0.25) is 0 Å². The molecule has 0 fully saturated rings. The summed E-state index contributed by atoms with van der Waals surface area (Å²) in [5.41, 5.74) is 3.35. The van der Waals surface area contributed by atoms with Crippen molar-refractivity contribution in [2.75, 3.05) is 19.7 Å². The van der Waals surface area contributed by atoms with Gasteiger partial charge < -0.3 is 15.4 Å². The number of hydrogen-bond donors (Lipinski definition) is 2. The summed E-state index contributed by atoms with van der Waals surface area (Å²) in [5.74, 6) is 1.11. The lowest BCUT2D eigenvalue weighted by atomic mass is 10.2. The number of urea groups is 1. The van der Waals surface area contributed by atoms with Gasteiger partial charge in [-0.2, -0.15) is 5.10 Å². The van der Waals surface area contributed by atoms with Gasteiger partial charge in [0.1, 0.15) is 12.4 Å². The Morgan fingerprint density at radius 2 is 1.92 bits per heavy atom. The average molecular weight is 344 g/mol. The lowest BCUT2D eigenvalue weighted by Gasteiger charge is -2.14. The number of rotatable bonds is 8. The molecule has 25 heavy (non-hydrogen) atoms. The number of amides is 2. The molecule has 1 unspecified atom stereocenters. The smallest absolute Gasteiger partial charge is 0.314 e. The Hall–Kier alpha value is -2.50. The van der Waals surface area contributed by atoms with Crippen molar-refractivity contribution in [1.29, 1.82) is 0 Å². The predicted octanol–water partition coefficient (Wildman–Crippen LogP) is 2.82. The van der Waals surface area contributed by atoms with Crippen LogP contribution in [0.15, 0.2) is 30.3 Å². The highest BCUT2D eigenvalue weighted by Crippen LogP contribution is 2.10. The molecule has 1 aromatic heterocycles. The predicted molar refractivity (Wildman–Crippen MR) is 98.9 cm³/mol. The van der Waals surface area contributed by atoms with Crippen LogP contribution >= 0.6 is 0 Å². The van der Waals surface area contributed by atoms with E-state index in [2.05, 4.69) is 28.7 Å². The van der Waals surface area contributed by atoms with Gasteiger partial charge in [0.15, 0.2) is 0 Å². The maximum atomic E-state index is 11.8. The summed E-state index contributed by atoms with van der Waals surface area (Å²) in [6.45, 7) is 10.4. The normalized spacial score (nSPS) is 11.8. The molecule has 0 aliphatic rings. The molecule has 0 aliphatic carbocycles. The quantitative estimate of drug-likeness (QED) is 0.724. The maximum Gasteiger partial charge on any atom is 0.314 e. The van der Waals surface area contributed by atoms with Crippen LogP contribution in [0, 0.1) is 26.7 Å². The molecule has 6 heteroatoms. The number of carbonyl (C=O) groups is 1. The number of aryl methyl sites for hydroxylation is 3. The zero-order valence-corrected chi connectivity index (χ0v) is 15.5. The Bertz CT molecular complexity index is 679. The van der Waals surface area contributed by atoms with Gasteiger partial charge in [-0.3, -0.25) is 4.68 Å². The second-order valence-corrected chi connectivity index (χ2v) is 6.51. The molecule has 2 aromatic rings. The summed E-state index contributed by atoms with van der Waals surface area (Å²) in [6.07, 6.45) is 0. The van der Waals surface area contributed by atoms with Crippen LogP contribution in [-0.2, 0) is 6.54 Å². The molecule has 1 heterocycles. The van der Waals surface area contributed by atoms with Crippen molar-refractivity contribution in [3.8, 4) is 5.75 Å². The first-order valence-electron chi connectivity index (χ1n) is 8.66. The third-order valence-corrected chi connectivity index (χ3v) is 3.88. The van der Waals surface area contributed by atoms with Crippen molar-refractivity contribution in [1.82, 2.24) is 20.4 Å². The number of benzene rings is 1. The van der Waals surface area contributed by atoms with E-state index in [1.165, 1.54) is 5.56 Å². The van der Waals surface area contributed by atoms with Crippen molar-refractivity contribution in [2.45, 2.75) is 34.2 Å². The number of nitrogens with one attached hydrogen (secondary N) is 2. The molecule has 0 bridgehead atoms. The van der Waals surface area contributed by atoms with Crippen LogP contribution in [0.5, 0.6) is 5.75 Å². The van der Waals surface area contributed by atoms with E-state index in [4.69, 9.17) is 4.74 Å². The summed E-state index contributed by atoms with van der Waals surface area (Å²) < 4.78 is 7.56. The minimum Gasteiger partial charge on any atom is -0.492 e. The lowest BCUT2D eigenvalue weighted by molar-refractivity contribution is 0.234. The number of ether oxygens (including phenoxy) is 1. The highest BCUT2D eigenvalue weighted by Gasteiger charge is 2.08. The fourth-order valence-corrected chi connectivity index (χ4v) is 2.52. The summed E-state index contributed by atoms with van der Waals surface area (Å²) in [5, 5.41) is 10.1. The zero-order chi connectivity index (χ0) is 18.2. The number of hydrogen-bond acceptors (Lipinski definition) is 3. The lowest BCUT2D eigenvalue weighted by Crippen LogP contribution is -2.40. The van der Waals surface area contributed by atoms with E-state index in [1.54, 1.807) is 0 Å². The molecule has 0 aliphatic heterocycles. The molecule has 2 amide bonds. The van der Waals surface area contributed by atoms with Crippen molar-refractivity contribution >= 4 is 6.03 Å². The molecule has 2 rings (SSSR count). The monoisotopic (exact) mass is 344 g/mol. The zero-order valence-electron chi connectivity index (χ0n) is 15.5. The molecule has 1 aromatic carbocycles. The van der Waals surface area contributed by atoms with Crippen LogP contribution < -0.4 is 15.4 Å². The van der Waals surface area contributed by atoms with Gasteiger partial charge in [-0.1, -0.05) is 24.6 Å². The molecule has 1 atom stereocenters. The number of aromatic nitrogens is 2. The molecular weight excluding hydrogens is 316 g/mol. The van der Waals surface area contributed by atoms with Crippen LogP contribution in [-0.4, -0.2) is 35.5 Å². The first-order chi connectivity index (χ1) is 11.9. The third kappa shape index (κ3) is 6.49. The molecule has 0 radical (unpaired) electrons.